The van der Waals surface area contributed by atoms with Crippen LogP contribution in [0.4, 0.5) is 25.1 Å². The number of pyridine rings is 1. The van der Waals surface area contributed by atoms with Crippen molar-refractivity contribution in [2.45, 2.75) is 6.61 Å². The zero-order valence-corrected chi connectivity index (χ0v) is 13.6. The Hall–Kier alpha value is -3.48. The van der Waals surface area contributed by atoms with E-state index in [1.54, 1.807) is 30.3 Å². The maximum absolute atomic E-state index is 13.6. The molecule has 0 aliphatic heterocycles. The summed E-state index contributed by atoms with van der Waals surface area (Å²) in [4.78, 5) is 16.1. The Morgan fingerprint density at radius 2 is 1.85 bits per heavy atom. The highest BCUT2D eigenvalue weighted by Crippen LogP contribution is 2.23. The number of carbonyl (C=O) groups excluding carboxylic acids is 1. The number of hydrogen-bond acceptors (Lipinski definition) is 3. The molecule has 0 bridgehead atoms. The Bertz CT molecular complexity index is 919. The van der Waals surface area contributed by atoms with Gasteiger partial charge in [0.25, 0.3) is 0 Å². The first-order valence-electron chi connectivity index (χ1n) is 7.76. The number of nitrogens with zero attached hydrogens (tertiary/aromatic N) is 1. The molecule has 0 aliphatic rings. The smallest absolute Gasteiger partial charge is 0.325 e. The lowest BCUT2D eigenvalue weighted by Crippen LogP contribution is -2.21. The number of carbonyl (C=O) groups is 1. The molecule has 0 atom stereocenters. The van der Waals surface area contributed by atoms with Gasteiger partial charge in [0.05, 0.1) is 5.69 Å². The zero-order chi connectivity index (χ0) is 18.4. The molecule has 1 aromatic heterocycles. The molecule has 7 heteroatoms. The average Bonchev–Trinajstić information content (AvgIpc) is 2.63. The molecule has 0 radical (unpaired) electrons. The fourth-order valence-electron chi connectivity index (χ4n) is 2.21. The number of urea groups is 1. The van der Waals surface area contributed by atoms with E-state index in [0.717, 1.165) is 0 Å². The molecule has 3 rings (SSSR count). The van der Waals surface area contributed by atoms with Crippen molar-refractivity contribution >= 4 is 17.5 Å². The van der Waals surface area contributed by atoms with Crippen molar-refractivity contribution in [2.24, 2.45) is 0 Å². The summed E-state index contributed by atoms with van der Waals surface area (Å²) in [5.74, 6) is -0.440. The molecule has 0 saturated heterocycles. The average molecular weight is 355 g/mol. The molecule has 26 heavy (non-hydrogen) atoms. The molecule has 0 saturated carbocycles. The number of rotatable bonds is 5. The van der Waals surface area contributed by atoms with E-state index in [1.165, 1.54) is 36.5 Å². The van der Waals surface area contributed by atoms with Crippen molar-refractivity contribution in [3.8, 4) is 5.75 Å². The van der Waals surface area contributed by atoms with Gasteiger partial charge in [-0.25, -0.2) is 18.6 Å². The lowest BCUT2D eigenvalue weighted by molar-refractivity contribution is 0.261. The third kappa shape index (κ3) is 4.54. The maximum Gasteiger partial charge on any atom is 0.325 e. The van der Waals surface area contributed by atoms with Crippen LogP contribution < -0.4 is 15.4 Å². The van der Waals surface area contributed by atoms with Gasteiger partial charge in [0.2, 0.25) is 0 Å². The fraction of sp³-hybridized carbons (Fsp3) is 0.0526. The van der Waals surface area contributed by atoms with E-state index in [0.29, 0.717) is 11.3 Å². The van der Waals surface area contributed by atoms with Crippen LogP contribution in [0.5, 0.6) is 5.75 Å². The first-order valence-corrected chi connectivity index (χ1v) is 7.76. The Kier molecular flexibility index (Phi) is 5.38. The van der Waals surface area contributed by atoms with Gasteiger partial charge < -0.3 is 10.1 Å². The van der Waals surface area contributed by atoms with Gasteiger partial charge in [-0.1, -0.05) is 24.3 Å². The summed E-state index contributed by atoms with van der Waals surface area (Å²) in [5, 5.41) is 4.90. The Balaban J connectivity index is 1.67. The first kappa shape index (κ1) is 17.3. The minimum atomic E-state index is -0.663. The number of ether oxygens (including phenoxy) is 1. The third-order valence-corrected chi connectivity index (χ3v) is 3.41. The van der Waals surface area contributed by atoms with Crippen LogP contribution >= 0.6 is 0 Å². The van der Waals surface area contributed by atoms with Gasteiger partial charge in [0, 0.05) is 6.20 Å². The second-order valence-corrected chi connectivity index (χ2v) is 5.33. The number of para-hydroxylation sites is 1. The largest absolute Gasteiger partial charge is 0.485 e. The Labute approximate surface area is 148 Å². The molecule has 2 amide bonds. The number of anilines is 2. The number of amides is 2. The molecule has 5 nitrogen and oxygen atoms in total. The molecule has 1 heterocycles. The van der Waals surface area contributed by atoms with Crippen LogP contribution in [-0.2, 0) is 6.61 Å². The van der Waals surface area contributed by atoms with Gasteiger partial charge in [-0.3, -0.25) is 5.32 Å². The molecule has 2 aromatic carbocycles. The van der Waals surface area contributed by atoms with Gasteiger partial charge in [-0.15, -0.1) is 0 Å². The van der Waals surface area contributed by atoms with Crippen molar-refractivity contribution < 1.29 is 18.3 Å². The van der Waals surface area contributed by atoms with Crippen LogP contribution in [0.2, 0.25) is 0 Å². The van der Waals surface area contributed by atoms with Crippen molar-refractivity contribution in [2.75, 3.05) is 10.6 Å². The highest BCUT2D eigenvalue weighted by Gasteiger charge is 2.11. The van der Waals surface area contributed by atoms with E-state index in [1.807, 2.05) is 0 Å². The summed E-state index contributed by atoms with van der Waals surface area (Å²) in [5.41, 5.74) is 0.679. The number of halogens is 2. The van der Waals surface area contributed by atoms with Crippen molar-refractivity contribution in [3.63, 3.8) is 0 Å². The van der Waals surface area contributed by atoms with Gasteiger partial charge in [0.15, 0.2) is 11.6 Å². The van der Waals surface area contributed by atoms with E-state index in [9.17, 15) is 13.6 Å². The van der Waals surface area contributed by atoms with Crippen LogP contribution in [0, 0.1) is 11.6 Å². The molecule has 132 valence electrons. The highest BCUT2D eigenvalue weighted by atomic mass is 19.1. The lowest BCUT2D eigenvalue weighted by Gasteiger charge is -2.12. The zero-order valence-electron chi connectivity index (χ0n) is 13.6. The van der Waals surface area contributed by atoms with E-state index in [2.05, 4.69) is 15.6 Å². The molecular weight excluding hydrogens is 340 g/mol. The minimum Gasteiger partial charge on any atom is -0.485 e. The van der Waals surface area contributed by atoms with E-state index in [4.69, 9.17) is 4.74 Å². The number of nitrogens with one attached hydrogen (secondary N) is 2. The molecule has 0 spiro atoms. The third-order valence-electron chi connectivity index (χ3n) is 3.41. The summed E-state index contributed by atoms with van der Waals surface area (Å²) in [6.07, 6.45) is 1.48. The molecule has 0 fully saturated rings. The van der Waals surface area contributed by atoms with Crippen LogP contribution in [-0.4, -0.2) is 11.0 Å². The van der Waals surface area contributed by atoms with Crippen molar-refractivity contribution in [1.82, 2.24) is 4.98 Å². The molecule has 0 aliphatic carbocycles. The van der Waals surface area contributed by atoms with Crippen molar-refractivity contribution in [3.05, 3.63) is 84.1 Å². The van der Waals surface area contributed by atoms with Gasteiger partial charge in [-0.2, -0.15) is 0 Å². The van der Waals surface area contributed by atoms with Crippen molar-refractivity contribution in [1.29, 1.82) is 0 Å². The molecule has 0 unspecified atom stereocenters. The van der Waals surface area contributed by atoms with Crippen LogP contribution in [0.25, 0.3) is 0 Å². The van der Waals surface area contributed by atoms with E-state index in [-0.39, 0.29) is 23.9 Å². The van der Waals surface area contributed by atoms with E-state index < -0.39 is 11.8 Å². The standard InChI is InChI=1S/C19H15F2N3O2/c20-14-6-3-5-13(11-14)12-26-17-9-4-10-22-18(17)24-19(25)23-16-8-2-1-7-15(16)21/h1-11H,12H2,(H2,22,23,24,25). The summed E-state index contributed by atoms with van der Waals surface area (Å²) in [6, 6.07) is 14.4. The summed E-state index contributed by atoms with van der Waals surface area (Å²) >= 11 is 0. The quantitative estimate of drug-likeness (QED) is 0.704. The lowest BCUT2D eigenvalue weighted by atomic mass is 10.2. The monoisotopic (exact) mass is 355 g/mol. The summed E-state index contributed by atoms with van der Waals surface area (Å²) in [6.45, 7) is 0.104. The number of benzene rings is 2. The van der Waals surface area contributed by atoms with Crippen LogP contribution in [0.15, 0.2) is 66.9 Å². The molecular formula is C19H15F2N3O2. The summed E-state index contributed by atoms with van der Waals surface area (Å²) in [7, 11) is 0. The van der Waals surface area contributed by atoms with Crippen LogP contribution in [0.3, 0.4) is 0 Å². The predicted molar refractivity (Wildman–Crippen MR) is 94.0 cm³/mol. The second kappa shape index (κ2) is 8.06. The van der Waals surface area contributed by atoms with Gasteiger partial charge >= 0.3 is 6.03 Å². The number of aromatic nitrogens is 1. The Morgan fingerprint density at radius 1 is 1.00 bits per heavy atom. The second-order valence-electron chi connectivity index (χ2n) is 5.33. The fourth-order valence-corrected chi connectivity index (χ4v) is 2.21. The first-order chi connectivity index (χ1) is 12.6. The molecule has 2 N–H and O–H groups in total. The molecule has 3 aromatic rings. The van der Waals surface area contributed by atoms with E-state index >= 15 is 0 Å². The maximum atomic E-state index is 13.6. The normalized spacial score (nSPS) is 10.2. The minimum absolute atomic E-state index is 0.0446. The predicted octanol–water partition coefficient (Wildman–Crippen LogP) is 4.58. The van der Waals surface area contributed by atoms with Gasteiger partial charge in [0.1, 0.15) is 18.2 Å². The SMILES string of the molecule is O=C(Nc1ccccc1F)Nc1ncccc1OCc1cccc(F)c1. The summed E-state index contributed by atoms with van der Waals surface area (Å²) < 4.78 is 32.4. The Morgan fingerprint density at radius 3 is 2.65 bits per heavy atom. The highest BCUT2D eigenvalue weighted by molar-refractivity contribution is 5.99. The van der Waals surface area contributed by atoms with Gasteiger partial charge in [-0.05, 0) is 42.0 Å². The number of hydrogen-bond donors (Lipinski definition) is 2. The topological polar surface area (TPSA) is 63.2 Å². The van der Waals surface area contributed by atoms with Crippen LogP contribution in [0.1, 0.15) is 5.56 Å².